The molecule has 8 nitrogen and oxygen atoms in total. The van der Waals surface area contributed by atoms with Gasteiger partial charge < -0.3 is 15.2 Å². The van der Waals surface area contributed by atoms with Crippen molar-refractivity contribution in [1.82, 2.24) is 0 Å². The highest BCUT2D eigenvalue weighted by Gasteiger charge is 2.36. The van der Waals surface area contributed by atoms with Crippen LogP contribution in [0.5, 0.6) is 5.75 Å². The first-order valence-electron chi connectivity index (χ1n) is 9.69. The number of hydrogen-bond donors (Lipinski definition) is 1. The van der Waals surface area contributed by atoms with E-state index in [2.05, 4.69) is 0 Å². The summed E-state index contributed by atoms with van der Waals surface area (Å²) in [7, 11) is 0. The molecule has 3 amide bonds. The molecule has 0 spiro atoms. The van der Waals surface area contributed by atoms with Crippen molar-refractivity contribution in [3.63, 3.8) is 0 Å². The van der Waals surface area contributed by atoms with Crippen LogP contribution in [0.2, 0.25) is 0 Å². The minimum absolute atomic E-state index is 0.00718. The van der Waals surface area contributed by atoms with Gasteiger partial charge in [-0.1, -0.05) is 24.3 Å². The Bertz CT molecular complexity index is 1180. The van der Waals surface area contributed by atoms with Crippen LogP contribution in [0.25, 0.3) is 0 Å². The summed E-state index contributed by atoms with van der Waals surface area (Å²) in [6.07, 6.45) is 0. The molecular weight excluding hydrogens is 412 g/mol. The number of carbonyl (C=O) groups excluding carboxylic acids is 4. The molecule has 0 bridgehead atoms. The third-order valence-corrected chi connectivity index (χ3v) is 4.80. The number of imide groups is 1. The smallest absolute Gasteiger partial charge is 0.338 e. The number of esters is 1. The first kappa shape index (κ1) is 20.8. The number of ether oxygens (including phenoxy) is 2. The zero-order valence-corrected chi connectivity index (χ0v) is 16.8. The first-order chi connectivity index (χ1) is 15.4. The van der Waals surface area contributed by atoms with Crippen molar-refractivity contribution >= 4 is 29.4 Å². The number of primary amides is 1. The predicted octanol–water partition coefficient (Wildman–Crippen LogP) is 2.71. The van der Waals surface area contributed by atoms with E-state index in [1.54, 1.807) is 48.5 Å². The Morgan fingerprint density at radius 1 is 0.844 bits per heavy atom. The van der Waals surface area contributed by atoms with Gasteiger partial charge in [-0.05, 0) is 54.1 Å². The van der Waals surface area contributed by atoms with E-state index in [1.165, 1.54) is 24.3 Å². The number of amides is 3. The molecule has 0 atom stereocenters. The summed E-state index contributed by atoms with van der Waals surface area (Å²) in [4.78, 5) is 49.4. The van der Waals surface area contributed by atoms with Gasteiger partial charge in [-0.3, -0.25) is 14.4 Å². The molecule has 3 aromatic rings. The maximum absolute atomic E-state index is 12.6. The fourth-order valence-electron chi connectivity index (χ4n) is 3.28. The number of benzene rings is 3. The lowest BCUT2D eigenvalue weighted by atomic mass is 10.1. The normalized spacial score (nSPS) is 12.4. The van der Waals surface area contributed by atoms with Crippen LogP contribution in [0.1, 0.15) is 36.6 Å². The molecule has 32 heavy (non-hydrogen) atoms. The number of fused-ring (bicyclic) bond motifs is 1. The van der Waals surface area contributed by atoms with Gasteiger partial charge in [0.05, 0.1) is 22.4 Å². The largest absolute Gasteiger partial charge is 0.484 e. The standard InChI is InChI=1S/C24H18N2O6/c25-21(27)14-31-18-5-3-4-15(12-18)13-32-24(30)16-8-10-17(11-9-16)26-22(28)19-6-1-2-7-20(19)23(26)29/h1-12H,13-14H2,(H2,25,27). The van der Waals surface area contributed by atoms with Crippen LogP contribution in [0.3, 0.4) is 0 Å². The van der Waals surface area contributed by atoms with Crippen molar-refractivity contribution in [3.8, 4) is 5.75 Å². The molecule has 0 unspecified atom stereocenters. The zero-order valence-electron chi connectivity index (χ0n) is 16.8. The predicted molar refractivity (Wildman–Crippen MR) is 114 cm³/mol. The molecule has 0 fully saturated rings. The van der Waals surface area contributed by atoms with Gasteiger partial charge in [0.25, 0.3) is 17.7 Å². The van der Waals surface area contributed by atoms with E-state index < -0.39 is 23.7 Å². The molecule has 1 aliphatic heterocycles. The lowest BCUT2D eigenvalue weighted by molar-refractivity contribution is -0.119. The minimum atomic E-state index is -0.591. The van der Waals surface area contributed by atoms with Gasteiger partial charge in [0, 0.05) is 0 Å². The minimum Gasteiger partial charge on any atom is -0.484 e. The fourth-order valence-corrected chi connectivity index (χ4v) is 3.28. The van der Waals surface area contributed by atoms with Crippen molar-refractivity contribution in [2.45, 2.75) is 6.61 Å². The second-order valence-corrected chi connectivity index (χ2v) is 7.02. The van der Waals surface area contributed by atoms with Gasteiger partial charge in [0.1, 0.15) is 12.4 Å². The number of rotatable bonds is 7. The number of hydrogen-bond acceptors (Lipinski definition) is 6. The molecule has 0 saturated heterocycles. The molecular formula is C24H18N2O6. The molecule has 2 N–H and O–H groups in total. The van der Waals surface area contributed by atoms with E-state index in [-0.39, 0.29) is 18.8 Å². The summed E-state index contributed by atoms with van der Waals surface area (Å²) < 4.78 is 10.5. The second-order valence-electron chi connectivity index (χ2n) is 7.02. The van der Waals surface area contributed by atoms with Crippen molar-refractivity contribution in [2.24, 2.45) is 5.73 Å². The molecule has 1 aliphatic rings. The Hall–Kier alpha value is -4.46. The molecule has 0 aromatic heterocycles. The monoisotopic (exact) mass is 430 g/mol. The quantitative estimate of drug-likeness (QED) is 0.455. The van der Waals surface area contributed by atoms with Gasteiger partial charge in [0.2, 0.25) is 0 Å². The van der Waals surface area contributed by atoms with Gasteiger partial charge in [-0.2, -0.15) is 0 Å². The van der Waals surface area contributed by atoms with E-state index in [0.717, 1.165) is 4.90 Å². The Morgan fingerprint density at radius 3 is 2.12 bits per heavy atom. The Kier molecular flexibility index (Phi) is 5.67. The summed E-state index contributed by atoms with van der Waals surface area (Å²) in [5, 5.41) is 0. The highest BCUT2D eigenvalue weighted by atomic mass is 16.5. The third-order valence-electron chi connectivity index (χ3n) is 4.80. The second kappa shape index (κ2) is 8.73. The summed E-state index contributed by atoms with van der Waals surface area (Å²) in [6, 6.07) is 19.4. The van der Waals surface area contributed by atoms with Crippen molar-refractivity contribution in [3.05, 3.63) is 95.1 Å². The van der Waals surface area contributed by atoms with Crippen LogP contribution in [0.4, 0.5) is 5.69 Å². The van der Waals surface area contributed by atoms with E-state index in [1.807, 2.05) is 0 Å². The number of anilines is 1. The molecule has 3 aromatic carbocycles. The van der Waals surface area contributed by atoms with Crippen LogP contribution in [-0.4, -0.2) is 30.3 Å². The van der Waals surface area contributed by atoms with Crippen molar-refractivity contribution in [1.29, 1.82) is 0 Å². The highest BCUT2D eigenvalue weighted by molar-refractivity contribution is 6.34. The summed E-state index contributed by atoms with van der Waals surface area (Å²) in [5.41, 5.74) is 7.06. The van der Waals surface area contributed by atoms with E-state index in [4.69, 9.17) is 15.2 Å². The van der Waals surface area contributed by atoms with Crippen LogP contribution < -0.4 is 15.4 Å². The Labute approximate surface area is 183 Å². The molecule has 8 heteroatoms. The third kappa shape index (κ3) is 4.20. The van der Waals surface area contributed by atoms with Crippen LogP contribution in [0.15, 0.2) is 72.8 Å². The lowest BCUT2D eigenvalue weighted by Gasteiger charge is -2.14. The summed E-state index contributed by atoms with van der Waals surface area (Å²) >= 11 is 0. The van der Waals surface area contributed by atoms with Crippen molar-refractivity contribution in [2.75, 3.05) is 11.5 Å². The number of nitrogens with two attached hydrogens (primary N) is 1. The molecule has 0 aliphatic carbocycles. The van der Waals surface area contributed by atoms with Gasteiger partial charge in [0.15, 0.2) is 6.61 Å². The Morgan fingerprint density at radius 2 is 1.50 bits per heavy atom. The summed E-state index contributed by atoms with van der Waals surface area (Å²) in [6.45, 7) is -0.255. The van der Waals surface area contributed by atoms with Gasteiger partial charge in [-0.15, -0.1) is 0 Å². The van der Waals surface area contributed by atoms with E-state index >= 15 is 0 Å². The number of carbonyl (C=O) groups is 4. The maximum atomic E-state index is 12.6. The SMILES string of the molecule is NC(=O)COc1cccc(COC(=O)c2ccc(N3C(=O)c4ccccc4C3=O)cc2)c1. The molecule has 0 radical (unpaired) electrons. The molecule has 0 saturated carbocycles. The van der Waals surface area contributed by atoms with Crippen LogP contribution >= 0.6 is 0 Å². The van der Waals surface area contributed by atoms with Gasteiger partial charge >= 0.3 is 5.97 Å². The van der Waals surface area contributed by atoms with E-state index in [9.17, 15) is 19.2 Å². The number of nitrogens with zero attached hydrogens (tertiary/aromatic N) is 1. The average molecular weight is 430 g/mol. The van der Waals surface area contributed by atoms with Gasteiger partial charge in [-0.25, -0.2) is 9.69 Å². The van der Waals surface area contributed by atoms with Crippen LogP contribution in [-0.2, 0) is 16.1 Å². The van der Waals surface area contributed by atoms with E-state index in [0.29, 0.717) is 28.1 Å². The fraction of sp³-hybridized carbons (Fsp3) is 0.0833. The maximum Gasteiger partial charge on any atom is 0.338 e. The summed E-state index contributed by atoms with van der Waals surface area (Å²) in [5.74, 6) is -1.53. The van der Waals surface area contributed by atoms with Crippen LogP contribution in [0, 0.1) is 0 Å². The molecule has 4 rings (SSSR count). The lowest BCUT2D eigenvalue weighted by Crippen LogP contribution is -2.29. The highest BCUT2D eigenvalue weighted by Crippen LogP contribution is 2.28. The van der Waals surface area contributed by atoms with Crippen molar-refractivity contribution < 1.29 is 28.7 Å². The molecule has 160 valence electrons. The Balaban J connectivity index is 1.40. The topological polar surface area (TPSA) is 116 Å². The molecule has 1 heterocycles. The first-order valence-corrected chi connectivity index (χ1v) is 9.69. The average Bonchev–Trinajstić information content (AvgIpc) is 3.07. The zero-order chi connectivity index (χ0) is 22.7.